The molecule has 2 N–H and O–H groups in total. The van der Waals surface area contributed by atoms with E-state index in [-0.39, 0.29) is 39.9 Å². The SMILES string of the molecule is CNC(=O)OCCN(C)c1cc(F)ccc1Nc1cc(F)c(S(=O)(=O)N(Cc2ccc(OC)cc2OC)c2ncc(Cl)s2)cc1Cl. The molecule has 1 heterocycles. The van der Waals surface area contributed by atoms with E-state index >= 15 is 4.39 Å². The molecule has 1 amide bonds. The summed E-state index contributed by atoms with van der Waals surface area (Å²) in [5.74, 6) is -0.840. The molecule has 46 heavy (non-hydrogen) atoms. The summed E-state index contributed by atoms with van der Waals surface area (Å²) in [5, 5.41) is 5.12. The van der Waals surface area contributed by atoms with Crippen molar-refractivity contribution in [1.82, 2.24) is 10.3 Å². The standard InChI is InChI=1S/C29H29Cl2F2N5O6S2/c1-34-29(39)44-10-9-37(2)24-11-18(32)6-8-22(24)36-23-14-21(33)26(13-20(23)30)46(40,41)38(28-35-15-27(31)45-28)16-17-5-7-19(42-3)12-25(17)43-4/h5-8,11-15,36H,9-10,16H2,1-4H3,(H,34,39). The maximum atomic E-state index is 15.8. The molecule has 0 atom stereocenters. The van der Waals surface area contributed by atoms with Gasteiger partial charge < -0.3 is 29.7 Å². The molecular formula is C29H29Cl2F2N5O6S2. The molecule has 3 aromatic carbocycles. The van der Waals surface area contributed by atoms with Crippen LogP contribution in [0.4, 0.5) is 35.8 Å². The number of hydrogen-bond acceptors (Lipinski definition) is 10. The van der Waals surface area contributed by atoms with Gasteiger partial charge in [-0.15, -0.1) is 0 Å². The highest BCUT2D eigenvalue weighted by atomic mass is 35.5. The van der Waals surface area contributed by atoms with Gasteiger partial charge in [-0.3, -0.25) is 0 Å². The molecular weight excluding hydrogens is 687 g/mol. The van der Waals surface area contributed by atoms with Crippen molar-refractivity contribution in [3.8, 4) is 11.5 Å². The fraction of sp³-hybridized carbons (Fsp3) is 0.241. The van der Waals surface area contributed by atoms with E-state index in [2.05, 4.69) is 15.6 Å². The summed E-state index contributed by atoms with van der Waals surface area (Å²) < 4.78 is 74.9. The quantitative estimate of drug-likeness (QED) is 0.156. The van der Waals surface area contributed by atoms with E-state index in [9.17, 15) is 17.6 Å². The van der Waals surface area contributed by atoms with Crippen LogP contribution in [-0.4, -0.2) is 61.0 Å². The second kappa shape index (κ2) is 15.0. The van der Waals surface area contributed by atoms with Crippen LogP contribution in [0.2, 0.25) is 9.36 Å². The van der Waals surface area contributed by atoms with Crippen LogP contribution in [0.25, 0.3) is 0 Å². The highest BCUT2D eigenvalue weighted by Crippen LogP contribution is 2.38. The van der Waals surface area contributed by atoms with Gasteiger partial charge in [0, 0.05) is 31.8 Å². The van der Waals surface area contributed by atoms with Crippen molar-refractivity contribution in [2.45, 2.75) is 11.4 Å². The van der Waals surface area contributed by atoms with Gasteiger partial charge in [0.2, 0.25) is 5.13 Å². The summed E-state index contributed by atoms with van der Waals surface area (Å²) in [6.45, 7) is -0.0942. The summed E-state index contributed by atoms with van der Waals surface area (Å²) in [5.41, 5.74) is 1.12. The summed E-state index contributed by atoms with van der Waals surface area (Å²) in [4.78, 5) is 16.4. The maximum absolute atomic E-state index is 15.8. The first kappa shape index (κ1) is 34.8. The average Bonchev–Trinajstić information content (AvgIpc) is 3.47. The number of anilines is 4. The van der Waals surface area contributed by atoms with Crippen molar-refractivity contribution in [2.24, 2.45) is 0 Å². The second-order valence-corrected chi connectivity index (χ2v) is 13.4. The summed E-state index contributed by atoms with van der Waals surface area (Å²) in [7, 11) is 1.34. The van der Waals surface area contributed by atoms with Crippen LogP contribution in [0.5, 0.6) is 11.5 Å². The highest BCUT2D eigenvalue weighted by molar-refractivity contribution is 7.93. The molecule has 0 aliphatic heterocycles. The van der Waals surface area contributed by atoms with Crippen LogP contribution >= 0.6 is 34.5 Å². The predicted octanol–water partition coefficient (Wildman–Crippen LogP) is 6.68. The number of ether oxygens (including phenoxy) is 3. The van der Waals surface area contributed by atoms with Gasteiger partial charge in [-0.1, -0.05) is 34.5 Å². The van der Waals surface area contributed by atoms with E-state index < -0.39 is 32.6 Å². The van der Waals surface area contributed by atoms with Gasteiger partial charge in [-0.2, -0.15) is 0 Å². The lowest BCUT2D eigenvalue weighted by Crippen LogP contribution is -2.31. The van der Waals surface area contributed by atoms with Crippen molar-refractivity contribution in [3.05, 3.63) is 81.3 Å². The number of aromatic nitrogens is 1. The number of likely N-dealkylation sites (N-methyl/N-ethyl adjacent to an activating group) is 1. The fourth-order valence-corrected chi connectivity index (χ4v) is 7.09. The Morgan fingerprint density at radius 2 is 1.80 bits per heavy atom. The molecule has 1 aromatic heterocycles. The Balaban J connectivity index is 1.68. The molecule has 0 fully saturated rings. The minimum absolute atomic E-state index is 0.00270. The van der Waals surface area contributed by atoms with Gasteiger partial charge in [-0.25, -0.2) is 31.3 Å². The van der Waals surface area contributed by atoms with Crippen molar-refractivity contribution in [1.29, 1.82) is 0 Å². The molecule has 0 bridgehead atoms. The fourth-order valence-electron chi connectivity index (χ4n) is 4.23. The molecule has 4 aromatic rings. The van der Waals surface area contributed by atoms with Crippen molar-refractivity contribution >= 4 is 72.8 Å². The number of carbonyl (C=O) groups is 1. The van der Waals surface area contributed by atoms with E-state index in [0.717, 1.165) is 27.8 Å². The Kier molecular flexibility index (Phi) is 11.4. The first-order chi connectivity index (χ1) is 21.9. The van der Waals surface area contributed by atoms with Crippen molar-refractivity contribution in [3.63, 3.8) is 0 Å². The van der Waals surface area contributed by atoms with Gasteiger partial charge in [0.15, 0.2) is 0 Å². The Hall–Kier alpha value is -4.05. The Morgan fingerprint density at radius 1 is 1.04 bits per heavy atom. The van der Waals surface area contributed by atoms with E-state index in [1.165, 1.54) is 45.7 Å². The van der Waals surface area contributed by atoms with Crippen molar-refractivity contribution < 1.29 is 36.2 Å². The highest BCUT2D eigenvalue weighted by Gasteiger charge is 2.32. The van der Waals surface area contributed by atoms with Gasteiger partial charge >= 0.3 is 6.09 Å². The number of methoxy groups -OCH3 is 2. The molecule has 17 heteroatoms. The molecule has 0 saturated carbocycles. The maximum Gasteiger partial charge on any atom is 0.406 e. The van der Waals surface area contributed by atoms with Gasteiger partial charge in [0.25, 0.3) is 10.0 Å². The Morgan fingerprint density at radius 3 is 2.46 bits per heavy atom. The first-order valence-electron chi connectivity index (χ1n) is 13.3. The predicted molar refractivity (Wildman–Crippen MR) is 175 cm³/mol. The van der Waals surface area contributed by atoms with Crippen LogP contribution in [0.15, 0.2) is 59.6 Å². The third-order valence-electron chi connectivity index (χ3n) is 6.58. The molecule has 246 valence electrons. The Labute approximate surface area is 278 Å². The van der Waals surface area contributed by atoms with E-state index in [1.807, 2.05) is 0 Å². The zero-order chi connectivity index (χ0) is 33.6. The van der Waals surface area contributed by atoms with Crippen LogP contribution in [0.3, 0.4) is 0 Å². The van der Waals surface area contributed by atoms with E-state index in [1.54, 1.807) is 30.1 Å². The molecule has 0 saturated heterocycles. The molecule has 0 unspecified atom stereocenters. The van der Waals surface area contributed by atoms with Gasteiger partial charge in [0.1, 0.15) is 39.0 Å². The topological polar surface area (TPSA) is 122 Å². The molecule has 0 spiro atoms. The minimum atomic E-state index is -4.63. The van der Waals surface area contributed by atoms with Gasteiger partial charge in [-0.05, 0) is 36.4 Å². The zero-order valence-electron chi connectivity index (χ0n) is 24.9. The molecule has 0 aliphatic carbocycles. The number of hydrogen-bond donors (Lipinski definition) is 2. The van der Waals surface area contributed by atoms with Crippen molar-refractivity contribution in [2.75, 3.05) is 56.0 Å². The summed E-state index contributed by atoms with van der Waals surface area (Å²) in [6.07, 6.45) is 0.663. The van der Waals surface area contributed by atoms with E-state index in [4.69, 9.17) is 37.4 Å². The number of rotatable bonds is 13. The number of sulfonamides is 1. The number of benzene rings is 3. The number of nitrogens with zero attached hydrogens (tertiary/aromatic N) is 3. The smallest absolute Gasteiger partial charge is 0.406 e. The van der Waals surface area contributed by atoms with Crippen LogP contribution in [-0.2, 0) is 21.3 Å². The van der Waals surface area contributed by atoms with E-state index in [0.29, 0.717) is 28.4 Å². The molecule has 0 aliphatic rings. The second-order valence-electron chi connectivity index (χ2n) is 9.49. The van der Waals surface area contributed by atoms with Crippen LogP contribution < -0.4 is 29.3 Å². The summed E-state index contributed by atoms with van der Waals surface area (Å²) in [6, 6.07) is 10.6. The normalized spacial score (nSPS) is 11.1. The third-order valence-corrected chi connectivity index (χ3v) is 9.90. The lowest BCUT2D eigenvalue weighted by Gasteiger charge is -2.24. The summed E-state index contributed by atoms with van der Waals surface area (Å²) >= 11 is 13.5. The number of alkyl carbamates (subject to hydrolysis) is 1. The number of amides is 1. The number of nitrogens with one attached hydrogen (secondary N) is 2. The lowest BCUT2D eigenvalue weighted by atomic mass is 10.2. The number of halogens is 4. The monoisotopic (exact) mass is 715 g/mol. The molecule has 4 rings (SSSR count). The minimum Gasteiger partial charge on any atom is -0.497 e. The lowest BCUT2D eigenvalue weighted by molar-refractivity contribution is 0.151. The third kappa shape index (κ3) is 8.02. The van der Waals surface area contributed by atoms with Crippen LogP contribution in [0.1, 0.15) is 5.56 Å². The molecule has 11 nitrogen and oxygen atoms in total. The van der Waals surface area contributed by atoms with Gasteiger partial charge in [0.05, 0.1) is 55.6 Å². The average molecular weight is 717 g/mol. The first-order valence-corrected chi connectivity index (χ1v) is 16.4. The zero-order valence-corrected chi connectivity index (χ0v) is 28.1. The number of thiazole rings is 1. The molecule has 0 radical (unpaired) electrons. The Bertz CT molecular complexity index is 1830. The van der Waals surface area contributed by atoms with Crippen LogP contribution in [0, 0.1) is 11.6 Å². The number of carbonyl (C=O) groups excluding carboxylic acids is 1. The largest absolute Gasteiger partial charge is 0.497 e.